The third-order valence-corrected chi connectivity index (χ3v) is 3.57. The van der Waals surface area contributed by atoms with Crippen LogP contribution in [0.5, 0.6) is 17.2 Å². The number of urea groups is 1. The summed E-state index contributed by atoms with van der Waals surface area (Å²) in [7, 11) is 4.75. The smallest absolute Gasteiger partial charge is 0.315 e. The van der Waals surface area contributed by atoms with Crippen molar-refractivity contribution >= 4 is 6.03 Å². The first-order valence-corrected chi connectivity index (χ1v) is 8.02. The summed E-state index contributed by atoms with van der Waals surface area (Å²) >= 11 is 0. The van der Waals surface area contributed by atoms with Gasteiger partial charge >= 0.3 is 6.03 Å². The van der Waals surface area contributed by atoms with Gasteiger partial charge in [0, 0.05) is 6.54 Å². The molecule has 6 heteroatoms. The normalized spacial score (nSPS) is 9.50. The van der Waals surface area contributed by atoms with E-state index in [2.05, 4.69) is 22.5 Å². The van der Waals surface area contributed by atoms with Crippen LogP contribution in [0.4, 0.5) is 4.79 Å². The Bertz CT molecular complexity index is 809. The van der Waals surface area contributed by atoms with Gasteiger partial charge in [0.1, 0.15) is 5.75 Å². The lowest BCUT2D eigenvalue weighted by atomic mass is 10.2. The molecule has 0 aromatic heterocycles. The van der Waals surface area contributed by atoms with Crippen molar-refractivity contribution in [1.29, 1.82) is 0 Å². The second-order valence-corrected chi connectivity index (χ2v) is 5.23. The van der Waals surface area contributed by atoms with Gasteiger partial charge in [-0.15, -0.1) is 0 Å². The summed E-state index contributed by atoms with van der Waals surface area (Å²) in [6, 6.07) is 12.7. The van der Waals surface area contributed by atoms with E-state index in [1.807, 2.05) is 36.4 Å². The van der Waals surface area contributed by atoms with Crippen molar-refractivity contribution < 1.29 is 19.0 Å². The molecular weight excluding hydrogens is 332 g/mol. The van der Waals surface area contributed by atoms with Crippen LogP contribution in [0.3, 0.4) is 0 Å². The molecule has 2 amide bonds. The van der Waals surface area contributed by atoms with Crippen LogP contribution in [0.15, 0.2) is 42.5 Å². The molecule has 0 heterocycles. The number of hydrogen-bond acceptors (Lipinski definition) is 4. The fraction of sp³-hybridized carbons (Fsp3) is 0.250. The van der Waals surface area contributed by atoms with Gasteiger partial charge in [-0.05, 0) is 29.8 Å². The molecule has 0 radical (unpaired) electrons. The number of carbonyl (C=O) groups excluding carboxylic acids is 1. The van der Waals surface area contributed by atoms with E-state index in [9.17, 15) is 4.79 Å². The molecule has 0 spiro atoms. The van der Waals surface area contributed by atoms with Gasteiger partial charge in [0.2, 0.25) is 0 Å². The molecule has 136 valence electrons. The highest BCUT2D eigenvalue weighted by molar-refractivity contribution is 5.74. The molecule has 0 aliphatic carbocycles. The van der Waals surface area contributed by atoms with Crippen molar-refractivity contribution in [3.8, 4) is 29.1 Å². The maximum atomic E-state index is 11.9. The maximum Gasteiger partial charge on any atom is 0.315 e. The second kappa shape index (κ2) is 9.84. The van der Waals surface area contributed by atoms with Crippen LogP contribution in [0.2, 0.25) is 0 Å². The highest BCUT2D eigenvalue weighted by Crippen LogP contribution is 2.27. The van der Waals surface area contributed by atoms with E-state index in [1.165, 1.54) is 0 Å². The first-order chi connectivity index (χ1) is 12.7. The molecular formula is C20H22N2O4. The van der Waals surface area contributed by atoms with Gasteiger partial charge < -0.3 is 24.8 Å². The first-order valence-electron chi connectivity index (χ1n) is 8.02. The van der Waals surface area contributed by atoms with Crippen molar-refractivity contribution in [2.45, 2.75) is 6.54 Å². The summed E-state index contributed by atoms with van der Waals surface area (Å²) in [5.41, 5.74) is 1.68. The number of rotatable bonds is 6. The Balaban J connectivity index is 1.82. The Labute approximate surface area is 153 Å². The molecule has 0 saturated carbocycles. The Hall–Kier alpha value is -3.33. The average Bonchev–Trinajstić information content (AvgIpc) is 2.69. The van der Waals surface area contributed by atoms with Crippen LogP contribution in [0, 0.1) is 11.8 Å². The predicted octanol–water partition coefficient (Wildman–Crippen LogP) is 2.56. The Morgan fingerprint density at radius 2 is 1.65 bits per heavy atom. The Morgan fingerprint density at radius 3 is 2.38 bits per heavy atom. The molecule has 0 aliphatic rings. The summed E-state index contributed by atoms with van der Waals surface area (Å²) in [6.45, 7) is 0.599. The van der Waals surface area contributed by atoms with Gasteiger partial charge in [0.05, 0.1) is 33.4 Å². The van der Waals surface area contributed by atoms with Crippen LogP contribution in [-0.4, -0.2) is 33.9 Å². The number of methoxy groups -OCH3 is 3. The van der Waals surface area contributed by atoms with Crippen molar-refractivity contribution in [3.05, 3.63) is 53.6 Å². The number of ether oxygens (including phenoxy) is 3. The van der Waals surface area contributed by atoms with E-state index < -0.39 is 0 Å². The SMILES string of the molecule is COc1ccccc1C#CCNC(=O)NCc1ccc(OC)c(OC)c1. The fourth-order valence-electron chi connectivity index (χ4n) is 2.25. The minimum absolute atomic E-state index is 0.232. The second-order valence-electron chi connectivity index (χ2n) is 5.23. The van der Waals surface area contributed by atoms with Crippen molar-refractivity contribution in [3.63, 3.8) is 0 Å². The number of nitrogens with one attached hydrogen (secondary N) is 2. The molecule has 0 bridgehead atoms. The minimum atomic E-state index is -0.297. The monoisotopic (exact) mass is 354 g/mol. The van der Waals surface area contributed by atoms with Gasteiger partial charge in [-0.3, -0.25) is 0 Å². The summed E-state index contributed by atoms with van der Waals surface area (Å²) in [5.74, 6) is 7.85. The Kier molecular flexibility index (Phi) is 7.19. The maximum absolute atomic E-state index is 11.9. The molecule has 2 aromatic carbocycles. The van der Waals surface area contributed by atoms with Crippen LogP contribution < -0.4 is 24.8 Å². The standard InChI is InChI=1S/C20H22N2O4/c1-24-17-9-5-4-7-16(17)8-6-12-21-20(23)22-14-15-10-11-18(25-2)19(13-15)26-3/h4-5,7,9-11,13H,12,14H2,1-3H3,(H2,21,22,23). The van der Waals surface area contributed by atoms with Crippen molar-refractivity contribution in [2.24, 2.45) is 0 Å². The van der Waals surface area contributed by atoms with Crippen molar-refractivity contribution in [2.75, 3.05) is 27.9 Å². The Morgan fingerprint density at radius 1 is 0.923 bits per heavy atom. The molecule has 26 heavy (non-hydrogen) atoms. The molecule has 0 aliphatic heterocycles. The minimum Gasteiger partial charge on any atom is -0.495 e. The predicted molar refractivity (Wildman–Crippen MR) is 99.7 cm³/mol. The summed E-state index contributed by atoms with van der Waals surface area (Å²) < 4.78 is 15.7. The lowest BCUT2D eigenvalue weighted by Gasteiger charge is -2.10. The van der Waals surface area contributed by atoms with Gasteiger partial charge in [-0.1, -0.05) is 30.0 Å². The molecule has 0 saturated heterocycles. The number of hydrogen-bond donors (Lipinski definition) is 2. The van der Waals surface area contributed by atoms with E-state index >= 15 is 0 Å². The average molecular weight is 354 g/mol. The number of amides is 2. The highest BCUT2D eigenvalue weighted by atomic mass is 16.5. The van der Waals surface area contributed by atoms with Crippen LogP contribution >= 0.6 is 0 Å². The number of para-hydroxylation sites is 1. The molecule has 0 atom stereocenters. The molecule has 2 N–H and O–H groups in total. The largest absolute Gasteiger partial charge is 0.495 e. The quantitative estimate of drug-likeness (QED) is 0.783. The van der Waals surface area contributed by atoms with Gasteiger partial charge in [-0.25, -0.2) is 4.79 Å². The summed E-state index contributed by atoms with van der Waals surface area (Å²) in [6.07, 6.45) is 0. The lowest BCUT2D eigenvalue weighted by Crippen LogP contribution is -2.35. The molecule has 2 rings (SSSR count). The zero-order chi connectivity index (χ0) is 18.8. The number of carbonyl (C=O) groups is 1. The highest BCUT2D eigenvalue weighted by Gasteiger charge is 2.05. The zero-order valence-electron chi connectivity index (χ0n) is 15.1. The van der Waals surface area contributed by atoms with Crippen LogP contribution in [0.1, 0.15) is 11.1 Å². The third kappa shape index (κ3) is 5.35. The van der Waals surface area contributed by atoms with E-state index in [0.717, 1.165) is 11.1 Å². The van der Waals surface area contributed by atoms with Crippen LogP contribution in [0.25, 0.3) is 0 Å². The molecule has 0 unspecified atom stereocenters. The molecule has 2 aromatic rings. The molecule has 6 nitrogen and oxygen atoms in total. The topological polar surface area (TPSA) is 68.8 Å². The summed E-state index contributed by atoms with van der Waals surface area (Å²) in [5, 5.41) is 5.46. The molecule has 0 fully saturated rings. The van der Waals surface area contributed by atoms with E-state index in [-0.39, 0.29) is 12.6 Å². The van der Waals surface area contributed by atoms with Crippen LogP contribution in [-0.2, 0) is 6.54 Å². The number of benzene rings is 2. The first kappa shape index (κ1) is 19.0. The fourth-order valence-corrected chi connectivity index (χ4v) is 2.25. The van der Waals surface area contributed by atoms with E-state index in [4.69, 9.17) is 14.2 Å². The third-order valence-electron chi connectivity index (χ3n) is 3.57. The lowest BCUT2D eigenvalue weighted by molar-refractivity contribution is 0.241. The van der Waals surface area contributed by atoms with Gasteiger partial charge in [-0.2, -0.15) is 0 Å². The van der Waals surface area contributed by atoms with Gasteiger partial charge in [0.25, 0.3) is 0 Å². The van der Waals surface area contributed by atoms with Crippen molar-refractivity contribution in [1.82, 2.24) is 10.6 Å². The van der Waals surface area contributed by atoms with E-state index in [0.29, 0.717) is 23.8 Å². The van der Waals surface area contributed by atoms with E-state index in [1.54, 1.807) is 27.4 Å². The summed E-state index contributed by atoms with van der Waals surface area (Å²) in [4.78, 5) is 11.9. The zero-order valence-corrected chi connectivity index (χ0v) is 15.1. The van der Waals surface area contributed by atoms with Gasteiger partial charge in [0.15, 0.2) is 11.5 Å².